The Kier molecular flexibility index (Phi) is 2.85. The van der Waals surface area contributed by atoms with Crippen molar-refractivity contribution in [3.8, 4) is 0 Å². The summed E-state index contributed by atoms with van der Waals surface area (Å²) in [6.07, 6.45) is 3.09. The third-order valence-electron chi connectivity index (χ3n) is 2.96. The summed E-state index contributed by atoms with van der Waals surface area (Å²) in [5, 5.41) is 2.63. The largest absolute Gasteiger partial charge is 0.338 e. The number of aromatic nitrogens is 2. The van der Waals surface area contributed by atoms with Gasteiger partial charge in [-0.1, -0.05) is 0 Å². The van der Waals surface area contributed by atoms with Crippen molar-refractivity contribution in [3.05, 3.63) is 47.7 Å². The first-order valence-corrected chi connectivity index (χ1v) is 5.87. The topological polar surface area (TPSA) is 37.8 Å². The number of nitrogens with one attached hydrogen (secondary N) is 1. The molecule has 0 spiro atoms. The lowest BCUT2D eigenvalue weighted by atomic mass is 10.2. The van der Waals surface area contributed by atoms with E-state index in [1.165, 1.54) is 12.4 Å². The smallest absolute Gasteiger partial charge is 0.187 e. The van der Waals surface area contributed by atoms with Crippen molar-refractivity contribution in [2.45, 2.75) is 18.8 Å². The first-order chi connectivity index (χ1) is 9.15. The average molecular weight is 265 g/mol. The van der Waals surface area contributed by atoms with Crippen LogP contribution in [0.15, 0.2) is 24.5 Å². The minimum Gasteiger partial charge on any atom is -0.338 e. The van der Waals surface area contributed by atoms with E-state index in [0.29, 0.717) is 5.69 Å². The van der Waals surface area contributed by atoms with Gasteiger partial charge in [0, 0.05) is 17.7 Å². The summed E-state index contributed by atoms with van der Waals surface area (Å²) in [6, 6.07) is 3.24. The average Bonchev–Trinajstić information content (AvgIpc) is 3.21. The first-order valence-electron chi connectivity index (χ1n) is 5.87. The lowest BCUT2D eigenvalue weighted by Crippen LogP contribution is -2.03. The summed E-state index contributed by atoms with van der Waals surface area (Å²) < 4.78 is 39.9. The van der Waals surface area contributed by atoms with E-state index in [9.17, 15) is 13.2 Å². The minimum atomic E-state index is -0.998. The Hall–Kier alpha value is -2.11. The molecule has 0 bridgehead atoms. The third kappa shape index (κ3) is 2.38. The highest BCUT2D eigenvalue weighted by Gasteiger charge is 2.29. The molecular weight excluding hydrogens is 255 g/mol. The highest BCUT2D eigenvalue weighted by atomic mass is 19.2. The van der Waals surface area contributed by atoms with Gasteiger partial charge in [0.05, 0.1) is 5.69 Å². The second kappa shape index (κ2) is 4.53. The van der Waals surface area contributed by atoms with E-state index >= 15 is 0 Å². The molecule has 0 saturated heterocycles. The van der Waals surface area contributed by atoms with E-state index < -0.39 is 17.5 Å². The molecule has 0 radical (unpaired) electrons. The van der Waals surface area contributed by atoms with Crippen LogP contribution in [0.5, 0.6) is 0 Å². The Labute approximate surface area is 107 Å². The van der Waals surface area contributed by atoms with Gasteiger partial charge in [-0.25, -0.2) is 23.1 Å². The van der Waals surface area contributed by atoms with Crippen LogP contribution < -0.4 is 5.32 Å². The lowest BCUT2D eigenvalue weighted by Gasteiger charge is -2.08. The molecule has 3 rings (SSSR count). The van der Waals surface area contributed by atoms with Crippen molar-refractivity contribution in [1.82, 2.24) is 9.97 Å². The van der Waals surface area contributed by atoms with Crippen LogP contribution in [0.4, 0.5) is 24.7 Å². The summed E-state index contributed by atoms with van der Waals surface area (Å²) in [4.78, 5) is 7.70. The lowest BCUT2D eigenvalue weighted by molar-refractivity contribution is 0.509. The number of nitrogens with zero attached hydrogens (tertiary/aromatic N) is 2. The number of hydrogen-bond donors (Lipinski definition) is 1. The molecule has 1 aliphatic carbocycles. The molecule has 1 fully saturated rings. The number of anilines is 2. The SMILES string of the molecule is Fc1ccc(Nc2ncnc(C3CC3)c2F)cc1F. The van der Waals surface area contributed by atoms with Gasteiger partial charge in [0.25, 0.3) is 0 Å². The van der Waals surface area contributed by atoms with Gasteiger partial charge in [0.15, 0.2) is 23.3 Å². The van der Waals surface area contributed by atoms with Crippen LogP contribution in [0.2, 0.25) is 0 Å². The van der Waals surface area contributed by atoms with Gasteiger partial charge in [0.1, 0.15) is 6.33 Å². The predicted octanol–water partition coefficient (Wildman–Crippen LogP) is 3.51. The van der Waals surface area contributed by atoms with E-state index in [0.717, 1.165) is 25.0 Å². The van der Waals surface area contributed by atoms with Crippen LogP contribution in [0.1, 0.15) is 24.5 Å². The minimum absolute atomic E-state index is 0.0251. The van der Waals surface area contributed by atoms with E-state index in [4.69, 9.17) is 0 Å². The molecule has 0 atom stereocenters. The van der Waals surface area contributed by atoms with Crippen molar-refractivity contribution in [1.29, 1.82) is 0 Å². The van der Waals surface area contributed by atoms with Gasteiger partial charge in [-0.2, -0.15) is 0 Å². The Morgan fingerprint density at radius 1 is 1.05 bits per heavy atom. The second-order valence-electron chi connectivity index (χ2n) is 4.45. The molecule has 1 heterocycles. The van der Waals surface area contributed by atoms with Crippen LogP contribution >= 0.6 is 0 Å². The molecule has 0 aliphatic heterocycles. The Morgan fingerprint density at radius 2 is 1.84 bits per heavy atom. The first kappa shape index (κ1) is 12.0. The van der Waals surface area contributed by atoms with E-state index in [-0.39, 0.29) is 17.4 Å². The zero-order chi connectivity index (χ0) is 13.4. The monoisotopic (exact) mass is 265 g/mol. The molecule has 1 aromatic heterocycles. The van der Waals surface area contributed by atoms with Gasteiger partial charge >= 0.3 is 0 Å². The van der Waals surface area contributed by atoms with Gasteiger partial charge in [0.2, 0.25) is 0 Å². The number of hydrogen-bond acceptors (Lipinski definition) is 3. The summed E-state index contributed by atoms with van der Waals surface area (Å²) in [5.41, 5.74) is 0.610. The Balaban J connectivity index is 1.90. The van der Waals surface area contributed by atoms with Gasteiger partial charge in [-0.15, -0.1) is 0 Å². The van der Waals surface area contributed by atoms with Crippen LogP contribution in [-0.4, -0.2) is 9.97 Å². The van der Waals surface area contributed by atoms with Gasteiger partial charge < -0.3 is 5.32 Å². The summed E-state index contributed by atoms with van der Waals surface area (Å²) >= 11 is 0. The van der Waals surface area contributed by atoms with E-state index in [2.05, 4.69) is 15.3 Å². The Morgan fingerprint density at radius 3 is 2.53 bits per heavy atom. The fourth-order valence-electron chi connectivity index (χ4n) is 1.82. The van der Waals surface area contributed by atoms with Gasteiger partial charge in [-0.05, 0) is 25.0 Å². The molecule has 1 N–H and O–H groups in total. The number of rotatable bonds is 3. The van der Waals surface area contributed by atoms with Crippen molar-refractivity contribution in [2.24, 2.45) is 0 Å². The summed E-state index contributed by atoms with van der Waals surface area (Å²) in [5.74, 6) is -2.36. The summed E-state index contributed by atoms with van der Waals surface area (Å²) in [7, 11) is 0. The Bertz CT molecular complexity index is 627. The molecule has 1 aromatic carbocycles. The molecule has 19 heavy (non-hydrogen) atoms. The molecule has 1 saturated carbocycles. The van der Waals surface area contributed by atoms with Crippen molar-refractivity contribution < 1.29 is 13.2 Å². The quantitative estimate of drug-likeness (QED) is 0.922. The normalized spacial score (nSPS) is 14.5. The van der Waals surface area contributed by atoms with Crippen LogP contribution in [0.3, 0.4) is 0 Å². The van der Waals surface area contributed by atoms with E-state index in [1.807, 2.05) is 0 Å². The maximum atomic E-state index is 14.1. The molecule has 3 nitrogen and oxygen atoms in total. The fraction of sp³-hybridized carbons (Fsp3) is 0.231. The zero-order valence-corrected chi connectivity index (χ0v) is 9.83. The molecule has 0 amide bonds. The molecule has 1 aliphatic rings. The van der Waals surface area contributed by atoms with Crippen LogP contribution in [0, 0.1) is 17.5 Å². The molecule has 98 valence electrons. The molecule has 2 aromatic rings. The van der Waals surface area contributed by atoms with Crippen LogP contribution in [-0.2, 0) is 0 Å². The molecular formula is C13H10F3N3. The predicted molar refractivity (Wildman–Crippen MR) is 63.6 cm³/mol. The number of benzene rings is 1. The second-order valence-corrected chi connectivity index (χ2v) is 4.45. The standard InChI is InChI=1S/C13H10F3N3/c14-9-4-3-8(5-10(9)15)19-13-11(16)12(7-1-2-7)17-6-18-13/h3-7H,1-2H2,(H,17,18,19). The zero-order valence-electron chi connectivity index (χ0n) is 9.83. The maximum absolute atomic E-state index is 14.1. The fourth-order valence-corrected chi connectivity index (χ4v) is 1.82. The van der Waals surface area contributed by atoms with Crippen LogP contribution in [0.25, 0.3) is 0 Å². The van der Waals surface area contributed by atoms with Crippen molar-refractivity contribution in [2.75, 3.05) is 5.32 Å². The molecule has 6 heteroatoms. The molecule has 0 unspecified atom stereocenters. The summed E-state index contributed by atoms with van der Waals surface area (Å²) in [6.45, 7) is 0. The highest BCUT2D eigenvalue weighted by Crippen LogP contribution is 2.41. The maximum Gasteiger partial charge on any atom is 0.187 e. The van der Waals surface area contributed by atoms with Gasteiger partial charge in [-0.3, -0.25) is 0 Å². The number of halogens is 3. The van der Waals surface area contributed by atoms with E-state index in [1.54, 1.807) is 0 Å². The highest BCUT2D eigenvalue weighted by molar-refractivity contribution is 5.57. The third-order valence-corrected chi connectivity index (χ3v) is 2.96. The van der Waals surface area contributed by atoms with Crippen molar-refractivity contribution in [3.63, 3.8) is 0 Å². The van der Waals surface area contributed by atoms with Crippen molar-refractivity contribution >= 4 is 11.5 Å².